The number of amides is 1. The third-order valence-electron chi connectivity index (χ3n) is 3.77. The molecule has 3 rings (SSSR count). The first-order chi connectivity index (χ1) is 12.8. The standard InChI is InChI=1S/C22H20N2O2/c25-22(24-16-19-12-14-23-15-13-19)11-8-18-6-9-21(10-7-18)26-17-20-4-2-1-3-5-20/h1-15H,16-17H2,(H,24,25)/b11-8+. The van der Waals surface area contributed by atoms with Gasteiger partial charge in [-0.2, -0.15) is 0 Å². The van der Waals surface area contributed by atoms with Crippen LogP contribution in [0.1, 0.15) is 16.7 Å². The number of benzene rings is 2. The summed E-state index contributed by atoms with van der Waals surface area (Å²) in [5, 5.41) is 2.84. The smallest absolute Gasteiger partial charge is 0.244 e. The minimum Gasteiger partial charge on any atom is -0.489 e. The Morgan fingerprint density at radius 3 is 2.38 bits per heavy atom. The van der Waals surface area contributed by atoms with Crippen LogP contribution in [-0.2, 0) is 17.9 Å². The molecular weight excluding hydrogens is 324 g/mol. The van der Waals surface area contributed by atoms with Gasteiger partial charge in [-0.1, -0.05) is 42.5 Å². The zero-order valence-electron chi connectivity index (χ0n) is 14.3. The van der Waals surface area contributed by atoms with E-state index in [4.69, 9.17) is 4.74 Å². The molecule has 4 nitrogen and oxygen atoms in total. The van der Waals surface area contributed by atoms with Gasteiger partial charge in [-0.15, -0.1) is 0 Å². The van der Waals surface area contributed by atoms with E-state index >= 15 is 0 Å². The molecule has 1 N–H and O–H groups in total. The zero-order valence-corrected chi connectivity index (χ0v) is 14.3. The number of carbonyl (C=O) groups excluding carboxylic acids is 1. The second-order valence-corrected chi connectivity index (χ2v) is 5.75. The van der Waals surface area contributed by atoms with Gasteiger partial charge in [0.2, 0.25) is 5.91 Å². The van der Waals surface area contributed by atoms with E-state index in [1.54, 1.807) is 18.5 Å². The van der Waals surface area contributed by atoms with Gasteiger partial charge in [-0.3, -0.25) is 9.78 Å². The largest absolute Gasteiger partial charge is 0.489 e. The topological polar surface area (TPSA) is 51.2 Å². The molecule has 1 aromatic heterocycles. The fraction of sp³-hybridized carbons (Fsp3) is 0.0909. The van der Waals surface area contributed by atoms with Crippen molar-refractivity contribution in [3.05, 3.63) is 102 Å². The molecule has 0 radical (unpaired) electrons. The Labute approximate surface area is 153 Å². The van der Waals surface area contributed by atoms with E-state index in [-0.39, 0.29) is 5.91 Å². The monoisotopic (exact) mass is 344 g/mol. The van der Waals surface area contributed by atoms with E-state index < -0.39 is 0 Å². The van der Waals surface area contributed by atoms with Crippen molar-refractivity contribution in [2.45, 2.75) is 13.2 Å². The number of pyridine rings is 1. The Kier molecular flexibility index (Phi) is 6.15. The van der Waals surface area contributed by atoms with Gasteiger partial charge in [-0.25, -0.2) is 0 Å². The number of nitrogens with one attached hydrogen (secondary N) is 1. The van der Waals surface area contributed by atoms with Crippen molar-refractivity contribution in [3.63, 3.8) is 0 Å². The predicted molar refractivity (Wildman–Crippen MR) is 102 cm³/mol. The molecule has 0 unspecified atom stereocenters. The van der Waals surface area contributed by atoms with E-state index in [0.29, 0.717) is 13.2 Å². The number of carbonyl (C=O) groups is 1. The number of nitrogens with zero attached hydrogens (tertiary/aromatic N) is 1. The van der Waals surface area contributed by atoms with Crippen LogP contribution in [0.4, 0.5) is 0 Å². The molecule has 26 heavy (non-hydrogen) atoms. The van der Waals surface area contributed by atoms with Gasteiger partial charge in [0.05, 0.1) is 0 Å². The summed E-state index contributed by atoms with van der Waals surface area (Å²) in [5.41, 5.74) is 3.08. The van der Waals surface area contributed by atoms with Gasteiger partial charge < -0.3 is 10.1 Å². The normalized spacial score (nSPS) is 10.6. The molecular formula is C22H20N2O2. The molecule has 2 aromatic carbocycles. The maximum absolute atomic E-state index is 11.9. The number of hydrogen-bond donors (Lipinski definition) is 1. The summed E-state index contributed by atoms with van der Waals surface area (Å²) in [5.74, 6) is 0.666. The first-order valence-electron chi connectivity index (χ1n) is 8.41. The van der Waals surface area contributed by atoms with E-state index in [0.717, 1.165) is 22.4 Å². The van der Waals surface area contributed by atoms with Gasteiger partial charge in [0.1, 0.15) is 12.4 Å². The van der Waals surface area contributed by atoms with Crippen LogP contribution in [0.2, 0.25) is 0 Å². The highest BCUT2D eigenvalue weighted by atomic mass is 16.5. The van der Waals surface area contributed by atoms with Crippen LogP contribution in [0.15, 0.2) is 85.2 Å². The predicted octanol–water partition coefficient (Wildman–Crippen LogP) is 3.99. The Morgan fingerprint density at radius 2 is 1.65 bits per heavy atom. The van der Waals surface area contributed by atoms with Crippen LogP contribution in [0.5, 0.6) is 5.75 Å². The van der Waals surface area contributed by atoms with Crippen molar-refractivity contribution in [3.8, 4) is 5.75 Å². The second kappa shape index (κ2) is 9.18. The quantitative estimate of drug-likeness (QED) is 0.659. The minimum atomic E-state index is -0.133. The average Bonchev–Trinajstić information content (AvgIpc) is 2.71. The van der Waals surface area contributed by atoms with Crippen molar-refractivity contribution < 1.29 is 9.53 Å². The number of rotatable bonds is 7. The first kappa shape index (κ1) is 17.4. The van der Waals surface area contributed by atoms with Crippen molar-refractivity contribution in [2.24, 2.45) is 0 Å². The van der Waals surface area contributed by atoms with Crippen molar-refractivity contribution in [1.82, 2.24) is 10.3 Å². The molecule has 130 valence electrons. The number of aromatic nitrogens is 1. The lowest BCUT2D eigenvalue weighted by molar-refractivity contribution is -0.116. The van der Waals surface area contributed by atoms with Crippen LogP contribution in [0.25, 0.3) is 6.08 Å². The Morgan fingerprint density at radius 1 is 0.923 bits per heavy atom. The highest BCUT2D eigenvalue weighted by Crippen LogP contribution is 2.15. The number of hydrogen-bond acceptors (Lipinski definition) is 3. The van der Waals surface area contributed by atoms with Gasteiger partial charge in [-0.05, 0) is 47.0 Å². The van der Waals surface area contributed by atoms with Crippen LogP contribution in [0, 0.1) is 0 Å². The zero-order chi connectivity index (χ0) is 18.0. The summed E-state index contributed by atoms with van der Waals surface area (Å²) < 4.78 is 5.75. The SMILES string of the molecule is O=C(/C=C/c1ccc(OCc2ccccc2)cc1)NCc1ccncc1. The summed E-state index contributed by atoms with van der Waals surface area (Å²) in [7, 11) is 0. The molecule has 4 heteroatoms. The van der Waals surface area contributed by atoms with Crippen LogP contribution >= 0.6 is 0 Å². The number of ether oxygens (including phenoxy) is 1. The summed E-state index contributed by atoms with van der Waals surface area (Å²) in [6.07, 6.45) is 6.72. The van der Waals surface area contributed by atoms with Gasteiger partial charge in [0.25, 0.3) is 0 Å². The van der Waals surface area contributed by atoms with Crippen molar-refractivity contribution >= 4 is 12.0 Å². The Hall–Kier alpha value is -3.40. The third-order valence-corrected chi connectivity index (χ3v) is 3.77. The van der Waals surface area contributed by atoms with Crippen LogP contribution < -0.4 is 10.1 Å². The van der Waals surface area contributed by atoms with Crippen LogP contribution in [0.3, 0.4) is 0 Å². The van der Waals surface area contributed by atoms with Crippen LogP contribution in [-0.4, -0.2) is 10.9 Å². The third kappa shape index (κ3) is 5.60. The molecule has 0 fully saturated rings. The summed E-state index contributed by atoms with van der Waals surface area (Å²) in [4.78, 5) is 15.8. The highest BCUT2D eigenvalue weighted by molar-refractivity contribution is 5.91. The molecule has 0 aliphatic carbocycles. The van der Waals surface area contributed by atoms with E-state index in [1.165, 1.54) is 6.08 Å². The van der Waals surface area contributed by atoms with E-state index in [1.807, 2.05) is 66.7 Å². The maximum Gasteiger partial charge on any atom is 0.244 e. The van der Waals surface area contributed by atoms with Crippen molar-refractivity contribution in [1.29, 1.82) is 0 Å². The minimum absolute atomic E-state index is 0.133. The van der Waals surface area contributed by atoms with Crippen molar-refractivity contribution in [2.75, 3.05) is 0 Å². The molecule has 0 aliphatic rings. The lowest BCUT2D eigenvalue weighted by atomic mass is 10.2. The van der Waals surface area contributed by atoms with E-state index in [2.05, 4.69) is 10.3 Å². The molecule has 0 atom stereocenters. The van der Waals surface area contributed by atoms with E-state index in [9.17, 15) is 4.79 Å². The molecule has 0 saturated carbocycles. The lowest BCUT2D eigenvalue weighted by Gasteiger charge is -2.06. The summed E-state index contributed by atoms with van der Waals surface area (Å²) >= 11 is 0. The lowest BCUT2D eigenvalue weighted by Crippen LogP contribution is -2.20. The maximum atomic E-state index is 11.9. The molecule has 0 bridgehead atoms. The fourth-order valence-corrected chi connectivity index (χ4v) is 2.34. The Bertz CT molecular complexity index is 844. The molecule has 1 heterocycles. The second-order valence-electron chi connectivity index (χ2n) is 5.75. The summed E-state index contributed by atoms with van der Waals surface area (Å²) in [6.45, 7) is 1.02. The molecule has 0 aliphatic heterocycles. The molecule has 0 saturated heterocycles. The highest BCUT2D eigenvalue weighted by Gasteiger charge is 1.98. The molecule has 0 spiro atoms. The first-order valence-corrected chi connectivity index (χ1v) is 8.41. The Balaban J connectivity index is 1.47. The summed E-state index contributed by atoms with van der Waals surface area (Å²) in [6, 6.07) is 21.4. The van der Waals surface area contributed by atoms with Gasteiger partial charge in [0.15, 0.2) is 0 Å². The molecule has 3 aromatic rings. The van der Waals surface area contributed by atoms with Gasteiger partial charge >= 0.3 is 0 Å². The fourth-order valence-electron chi connectivity index (χ4n) is 2.34. The molecule has 1 amide bonds. The van der Waals surface area contributed by atoms with Gasteiger partial charge in [0, 0.05) is 25.0 Å². The average molecular weight is 344 g/mol.